The van der Waals surface area contributed by atoms with E-state index in [-0.39, 0.29) is 5.82 Å². The molecule has 17 heavy (non-hydrogen) atoms. The highest BCUT2D eigenvalue weighted by Crippen LogP contribution is 2.40. The molecule has 1 aromatic heterocycles. The fourth-order valence-corrected chi connectivity index (χ4v) is 2.40. The lowest BCUT2D eigenvalue weighted by atomic mass is 9.92. The van der Waals surface area contributed by atoms with Crippen molar-refractivity contribution in [2.75, 3.05) is 0 Å². The maximum Gasteiger partial charge on any atom is 0.134 e. The lowest BCUT2D eigenvalue weighted by Gasteiger charge is -2.22. The number of aromatic nitrogens is 2. The Hall–Kier alpha value is -1.81. The molecule has 1 heterocycles. The molecule has 1 aliphatic carbocycles. The van der Waals surface area contributed by atoms with E-state index in [1.54, 1.807) is 24.7 Å². The summed E-state index contributed by atoms with van der Waals surface area (Å²) < 4.78 is 13.1. The average Bonchev–Trinajstić information content (AvgIpc) is 2.69. The lowest BCUT2D eigenvalue weighted by Crippen LogP contribution is -2.25. The minimum absolute atomic E-state index is 0.271. The van der Waals surface area contributed by atoms with Crippen molar-refractivity contribution in [1.82, 2.24) is 9.97 Å². The van der Waals surface area contributed by atoms with Gasteiger partial charge in [0, 0.05) is 12.4 Å². The standard InChI is InChI=1S/C13H11FN2O/c14-10-1-2-11-9(7-10)3-4-13(11,17)12-8-15-5-6-16-12/h1-2,5-8,17H,3-4H2. The van der Waals surface area contributed by atoms with Crippen LogP contribution in [0, 0.1) is 5.82 Å². The molecule has 3 nitrogen and oxygen atoms in total. The van der Waals surface area contributed by atoms with Crippen molar-refractivity contribution in [3.8, 4) is 0 Å². The summed E-state index contributed by atoms with van der Waals surface area (Å²) in [6, 6.07) is 4.47. The third-order valence-electron chi connectivity index (χ3n) is 3.26. The zero-order valence-electron chi connectivity index (χ0n) is 9.10. The summed E-state index contributed by atoms with van der Waals surface area (Å²) >= 11 is 0. The molecule has 2 aromatic rings. The van der Waals surface area contributed by atoms with Crippen LogP contribution < -0.4 is 0 Å². The monoisotopic (exact) mass is 230 g/mol. The molecule has 0 radical (unpaired) electrons. The average molecular weight is 230 g/mol. The highest BCUT2D eigenvalue weighted by Gasteiger charge is 2.39. The molecule has 0 aliphatic heterocycles. The van der Waals surface area contributed by atoms with E-state index < -0.39 is 5.60 Å². The van der Waals surface area contributed by atoms with E-state index >= 15 is 0 Å². The van der Waals surface area contributed by atoms with Gasteiger partial charge in [0.05, 0.1) is 11.9 Å². The molecular formula is C13H11FN2O. The summed E-state index contributed by atoms with van der Waals surface area (Å²) in [5.41, 5.74) is 0.972. The molecule has 1 aliphatic rings. The number of nitrogens with zero attached hydrogens (tertiary/aromatic N) is 2. The highest BCUT2D eigenvalue weighted by atomic mass is 19.1. The van der Waals surface area contributed by atoms with Crippen molar-refractivity contribution in [3.63, 3.8) is 0 Å². The van der Waals surface area contributed by atoms with Gasteiger partial charge in [-0.05, 0) is 36.1 Å². The second kappa shape index (κ2) is 3.60. The van der Waals surface area contributed by atoms with Crippen molar-refractivity contribution >= 4 is 0 Å². The Morgan fingerprint density at radius 1 is 1.29 bits per heavy atom. The van der Waals surface area contributed by atoms with Crippen LogP contribution in [0.1, 0.15) is 23.2 Å². The maximum atomic E-state index is 13.1. The van der Waals surface area contributed by atoms with E-state index in [0.717, 1.165) is 11.1 Å². The first-order valence-electron chi connectivity index (χ1n) is 5.48. The number of hydrogen-bond acceptors (Lipinski definition) is 3. The summed E-state index contributed by atoms with van der Waals surface area (Å²) in [6.07, 6.45) is 5.84. The number of rotatable bonds is 1. The van der Waals surface area contributed by atoms with Crippen molar-refractivity contribution in [3.05, 3.63) is 59.4 Å². The molecule has 1 unspecified atom stereocenters. The van der Waals surface area contributed by atoms with Gasteiger partial charge in [0.1, 0.15) is 11.4 Å². The van der Waals surface area contributed by atoms with Gasteiger partial charge >= 0.3 is 0 Å². The van der Waals surface area contributed by atoms with Gasteiger partial charge in [0.2, 0.25) is 0 Å². The Kier molecular flexibility index (Phi) is 2.19. The number of halogens is 1. The zero-order chi connectivity index (χ0) is 11.9. The van der Waals surface area contributed by atoms with Crippen LogP contribution in [-0.2, 0) is 12.0 Å². The smallest absolute Gasteiger partial charge is 0.134 e. The molecule has 0 amide bonds. The lowest BCUT2D eigenvalue weighted by molar-refractivity contribution is 0.0778. The van der Waals surface area contributed by atoms with E-state index in [9.17, 15) is 9.50 Å². The normalized spacial score (nSPS) is 22.5. The summed E-state index contributed by atoms with van der Waals surface area (Å²) in [7, 11) is 0. The number of aliphatic hydroxyl groups is 1. The summed E-state index contributed by atoms with van der Waals surface area (Å²) in [4.78, 5) is 8.12. The minimum atomic E-state index is -1.13. The summed E-state index contributed by atoms with van der Waals surface area (Å²) in [5.74, 6) is -0.271. The van der Waals surface area contributed by atoms with Crippen LogP contribution in [-0.4, -0.2) is 15.1 Å². The number of benzene rings is 1. The van der Waals surface area contributed by atoms with Gasteiger partial charge in [-0.15, -0.1) is 0 Å². The van der Waals surface area contributed by atoms with Crippen molar-refractivity contribution < 1.29 is 9.50 Å². The zero-order valence-corrected chi connectivity index (χ0v) is 9.10. The first kappa shape index (κ1) is 10.4. The fourth-order valence-electron chi connectivity index (χ4n) is 2.40. The largest absolute Gasteiger partial charge is 0.379 e. The minimum Gasteiger partial charge on any atom is -0.379 e. The van der Waals surface area contributed by atoms with E-state index in [1.807, 2.05) is 0 Å². The van der Waals surface area contributed by atoms with Gasteiger partial charge in [0.15, 0.2) is 0 Å². The quantitative estimate of drug-likeness (QED) is 0.812. The van der Waals surface area contributed by atoms with Gasteiger partial charge < -0.3 is 5.11 Å². The predicted molar refractivity (Wildman–Crippen MR) is 59.8 cm³/mol. The molecule has 0 spiro atoms. The molecule has 0 fully saturated rings. The first-order chi connectivity index (χ1) is 8.20. The molecule has 4 heteroatoms. The van der Waals surface area contributed by atoms with Gasteiger partial charge in [-0.3, -0.25) is 9.97 Å². The number of fused-ring (bicyclic) bond motifs is 1. The molecular weight excluding hydrogens is 219 g/mol. The maximum absolute atomic E-state index is 13.1. The van der Waals surface area contributed by atoms with Crippen LogP contribution >= 0.6 is 0 Å². The predicted octanol–water partition coefficient (Wildman–Crippen LogP) is 1.80. The SMILES string of the molecule is OC1(c2cnccn2)CCc2cc(F)ccc21. The van der Waals surface area contributed by atoms with Crippen molar-refractivity contribution in [1.29, 1.82) is 0 Å². The Morgan fingerprint density at radius 3 is 2.94 bits per heavy atom. The molecule has 0 bridgehead atoms. The third kappa shape index (κ3) is 1.52. The Bertz CT molecular complexity index is 559. The van der Waals surface area contributed by atoms with Crippen LogP contribution in [0.15, 0.2) is 36.8 Å². The van der Waals surface area contributed by atoms with Gasteiger partial charge in [-0.2, -0.15) is 0 Å². The number of aryl methyl sites for hydroxylation is 1. The van der Waals surface area contributed by atoms with Gasteiger partial charge in [-0.1, -0.05) is 6.07 Å². The Balaban J connectivity index is 2.14. The second-order valence-electron chi connectivity index (χ2n) is 4.25. The summed E-state index contributed by atoms with van der Waals surface area (Å²) in [5, 5.41) is 10.7. The van der Waals surface area contributed by atoms with Crippen molar-refractivity contribution in [2.24, 2.45) is 0 Å². The molecule has 0 saturated heterocycles. The molecule has 1 aromatic carbocycles. The van der Waals surface area contributed by atoms with Crippen molar-refractivity contribution in [2.45, 2.75) is 18.4 Å². The van der Waals surface area contributed by atoms with Crippen LogP contribution in [0.3, 0.4) is 0 Å². The van der Waals surface area contributed by atoms with Crippen LogP contribution in [0.25, 0.3) is 0 Å². The Morgan fingerprint density at radius 2 is 2.18 bits per heavy atom. The molecule has 0 saturated carbocycles. The van der Waals surface area contributed by atoms with E-state index in [4.69, 9.17) is 0 Å². The topological polar surface area (TPSA) is 46.0 Å². The number of hydrogen-bond donors (Lipinski definition) is 1. The summed E-state index contributed by atoms with van der Waals surface area (Å²) in [6.45, 7) is 0. The first-order valence-corrected chi connectivity index (χ1v) is 5.48. The molecule has 1 atom stereocenters. The third-order valence-corrected chi connectivity index (χ3v) is 3.26. The van der Waals surface area contributed by atoms with Gasteiger partial charge in [-0.25, -0.2) is 4.39 Å². The molecule has 3 rings (SSSR count). The fraction of sp³-hybridized carbons (Fsp3) is 0.231. The van der Waals surface area contributed by atoms with Gasteiger partial charge in [0.25, 0.3) is 0 Å². The van der Waals surface area contributed by atoms with Crippen LogP contribution in [0.2, 0.25) is 0 Å². The Labute approximate surface area is 98.0 Å². The highest BCUT2D eigenvalue weighted by molar-refractivity contribution is 5.42. The van der Waals surface area contributed by atoms with E-state index in [2.05, 4.69) is 9.97 Å². The van der Waals surface area contributed by atoms with E-state index in [1.165, 1.54) is 12.1 Å². The van der Waals surface area contributed by atoms with E-state index in [0.29, 0.717) is 18.5 Å². The molecule has 1 N–H and O–H groups in total. The second-order valence-corrected chi connectivity index (χ2v) is 4.25. The van der Waals surface area contributed by atoms with Crippen LogP contribution in [0.4, 0.5) is 4.39 Å². The molecule has 86 valence electrons. The van der Waals surface area contributed by atoms with Crippen LogP contribution in [0.5, 0.6) is 0 Å².